The average Bonchev–Trinajstić information content (AvgIpc) is 3.20. The Morgan fingerprint density at radius 1 is 1.16 bits per heavy atom. The van der Waals surface area contributed by atoms with Crippen molar-refractivity contribution in [1.82, 2.24) is 9.29 Å². The first kappa shape index (κ1) is 21.9. The number of halogens is 1. The summed E-state index contributed by atoms with van der Waals surface area (Å²) in [6.45, 7) is 7.40. The maximum absolute atomic E-state index is 13.3. The molecule has 1 N–H and O–H groups in total. The Kier molecular flexibility index (Phi) is 5.42. The number of aryl methyl sites for hydroxylation is 2. The third kappa shape index (κ3) is 4.11. The first-order valence-corrected chi connectivity index (χ1v) is 12.4. The van der Waals surface area contributed by atoms with Crippen LogP contribution in [0.1, 0.15) is 49.9 Å². The van der Waals surface area contributed by atoms with Crippen molar-refractivity contribution in [2.75, 3.05) is 0 Å². The van der Waals surface area contributed by atoms with Gasteiger partial charge in [-0.15, -0.1) is 0 Å². The molecule has 0 aliphatic heterocycles. The van der Waals surface area contributed by atoms with Crippen molar-refractivity contribution in [1.29, 1.82) is 0 Å². The third-order valence-corrected chi connectivity index (χ3v) is 7.92. The van der Waals surface area contributed by atoms with Crippen LogP contribution in [-0.4, -0.2) is 24.1 Å². The van der Waals surface area contributed by atoms with Crippen molar-refractivity contribution in [3.8, 4) is 0 Å². The van der Waals surface area contributed by atoms with E-state index in [9.17, 15) is 13.2 Å². The second kappa shape index (κ2) is 7.67. The molecule has 0 saturated heterocycles. The second-order valence-corrected chi connectivity index (χ2v) is 11.5. The molecule has 0 spiro atoms. The number of aromatic nitrogens is 1. The zero-order chi connectivity index (χ0) is 22.6. The number of benzene rings is 2. The molecular weight excluding hydrogens is 480 g/mol. The second-order valence-electron chi connectivity index (χ2n) is 8.85. The molecule has 1 aliphatic rings. The molecule has 8 heteroatoms. The summed E-state index contributed by atoms with van der Waals surface area (Å²) in [7, 11) is -3.76. The number of hydrogen-bond donors (Lipinski definition) is 1. The van der Waals surface area contributed by atoms with Gasteiger partial charge in [-0.2, -0.15) is 0 Å². The minimum absolute atomic E-state index is 0.162. The molecule has 0 bridgehead atoms. The van der Waals surface area contributed by atoms with Gasteiger partial charge >= 0.3 is 6.09 Å². The van der Waals surface area contributed by atoms with Gasteiger partial charge in [0.05, 0.1) is 16.5 Å². The number of ether oxygens (including phenoxy) is 1. The highest BCUT2D eigenvalue weighted by molar-refractivity contribution is 9.10. The van der Waals surface area contributed by atoms with Gasteiger partial charge in [0.25, 0.3) is 10.0 Å². The smallest absolute Gasteiger partial charge is 0.408 e. The molecule has 1 amide bonds. The molecule has 164 valence electrons. The van der Waals surface area contributed by atoms with Gasteiger partial charge in [-0.05, 0) is 91.9 Å². The zero-order valence-corrected chi connectivity index (χ0v) is 20.3. The number of amides is 1. The van der Waals surface area contributed by atoms with Crippen molar-refractivity contribution < 1.29 is 17.9 Å². The molecule has 0 fully saturated rings. The van der Waals surface area contributed by atoms with Crippen LogP contribution < -0.4 is 5.32 Å². The van der Waals surface area contributed by atoms with Crippen LogP contribution in [0.2, 0.25) is 0 Å². The molecule has 4 rings (SSSR count). The van der Waals surface area contributed by atoms with Crippen molar-refractivity contribution >= 4 is 42.9 Å². The van der Waals surface area contributed by atoms with E-state index in [1.165, 1.54) is 3.97 Å². The highest BCUT2D eigenvalue weighted by Crippen LogP contribution is 2.39. The fraction of sp³-hybridized carbons (Fsp3) is 0.348. The third-order valence-electron chi connectivity index (χ3n) is 5.36. The maximum atomic E-state index is 13.3. The van der Waals surface area contributed by atoms with Crippen LogP contribution in [0.5, 0.6) is 0 Å². The van der Waals surface area contributed by atoms with Crippen molar-refractivity contribution in [3.63, 3.8) is 0 Å². The Morgan fingerprint density at radius 2 is 1.84 bits per heavy atom. The number of carbonyl (C=O) groups excluding carboxylic acids is 1. The number of nitrogens with zero attached hydrogens (tertiary/aromatic N) is 1. The van der Waals surface area contributed by atoms with Gasteiger partial charge in [-0.3, -0.25) is 0 Å². The Morgan fingerprint density at radius 3 is 2.48 bits per heavy atom. The summed E-state index contributed by atoms with van der Waals surface area (Å²) in [6, 6.07) is 12.2. The minimum atomic E-state index is -3.76. The Hall–Kier alpha value is -2.32. The highest BCUT2D eigenvalue weighted by Gasteiger charge is 2.30. The number of fused-ring (bicyclic) bond motifs is 3. The van der Waals surface area contributed by atoms with Crippen LogP contribution in [0.15, 0.2) is 52.0 Å². The first-order chi connectivity index (χ1) is 14.5. The van der Waals surface area contributed by atoms with E-state index in [2.05, 4.69) is 21.2 Å². The van der Waals surface area contributed by atoms with Crippen molar-refractivity contribution in [3.05, 3.63) is 63.8 Å². The minimum Gasteiger partial charge on any atom is -0.444 e. The predicted octanol–water partition coefficient (Wildman–Crippen LogP) is 5.46. The standard InChI is InChI=1S/C23H25BrN2O4S/c1-14-5-7-15(8-6-14)31(28,29)26-20-12-10-17-16(18(20)13-21(26)24)9-11-19(17)25-22(27)30-23(2,3)4/h5-8,10,12-13,19H,9,11H2,1-4H3,(H,25,27). The summed E-state index contributed by atoms with van der Waals surface area (Å²) < 4.78 is 33.9. The van der Waals surface area contributed by atoms with E-state index in [4.69, 9.17) is 4.74 Å². The lowest BCUT2D eigenvalue weighted by atomic mass is 10.0. The van der Waals surface area contributed by atoms with E-state index < -0.39 is 21.7 Å². The van der Waals surface area contributed by atoms with E-state index in [0.29, 0.717) is 10.1 Å². The van der Waals surface area contributed by atoms with Crippen LogP contribution in [0.25, 0.3) is 10.9 Å². The largest absolute Gasteiger partial charge is 0.444 e. The summed E-state index contributed by atoms with van der Waals surface area (Å²) in [4.78, 5) is 12.5. The van der Waals surface area contributed by atoms with E-state index in [1.807, 2.05) is 39.8 Å². The van der Waals surface area contributed by atoms with Gasteiger partial charge in [-0.1, -0.05) is 23.8 Å². The van der Waals surface area contributed by atoms with E-state index >= 15 is 0 Å². The molecule has 31 heavy (non-hydrogen) atoms. The molecule has 0 radical (unpaired) electrons. The number of nitrogens with one attached hydrogen (secondary N) is 1. The Labute approximate surface area is 190 Å². The van der Waals surface area contributed by atoms with Gasteiger partial charge in [0.1, 0.15) is 10.2 Å². The summed E-state index contributed by atoms with van der Waals surface area (Å²) in [5.74, 6) is 0. The quantitative estimate of drug-likeness (QED) is 0.513. The molecule has 3 aromatic rings. The normalized spacial score (nSPS) is 16.4. The maximum Gasteiger partial charge on any atom is 0.408 e. The highest BCUT2D eigenvalue weighted by atomic mass is 79.9. The monoisotopic (exact) mass is 504 g/mol. The van der Waals surface area contributed by atoms with Crippen LogP contribution in [0.4, 0.5) is 4.79 Å². The fourth-order valence-electron chi connectivity index (χ4n) is 4.01. The Balaban J connectivity index is 1.73. The molecule has 6 nitrogen and oxygen atoms in total. The lowest BCUT2D eigenvalue weighted by Gasteiger charge is -2.22. The van der Waals surface area contributed by atoms with Crippen molar-refractivity contribution in [2.24, 2.45) is 0 Å². The van der Waals surface area contributed by atoms with Gasteiger partial charge < -0.3 is 10.1 Å². The molecule has 1 aliphatic carbocycles. The molecule has 0 saturated carbocycles. The van der Waals surface area contributed by atoms with Gasteiger partial charge in [0, 0.05) is 5.39 Å². The molecule has 1 aromatic heterocycles. The number of rotatable bonds is 3. The molecule has 1 unspecified atom stereocenters. The van der Waals surface area contributed by atoms with Crippen LogP contribution in [0.3, 0.4) is 0 Å². The molecule has 1 heterocycles. The summed E-state index contributed by atoms with van der Waals surface area (Å²) in [5.41, 5.74) is 3.09. The van der Waals surface area contributed by atoms with Gasteiger partial charge in [0.2, 0.25) is 0 Å². The summed E-state index contributed by atoms with van der Waals surface area (Å²) in [6.07, 6.45) is 1.03. The fourth-order valence-corrected chi connectivity index (χ4v) is 6.39. The van der Waals surface area contributed by atoms with Gasteiger partial charge in [0.15, 0.2) is 0 Å². The lowest BCUT2D eigenvalue weighted by molar-refractivity contribution is 0.0503. The van der Waals surface area contributed by atoms with E-state index in [0.717, 1.165) is 34.9 Å². The first-order valence-electron chi connectivity index (χ1n) is 10.1. The van der Waals surface area contributed by atoms with E-state index in [1.54, 1.807) is 30.3 Å². The SMILES string of the molecule is Cc1ccc(S(=O)(=O)n2c(Br)cc3c4c(ccc32)C(NC(=O)OC(C)(C)C)CC4)cc1. The molecular formula is C23H25BrN2O4S. The van der Waals surface area contributed by atoms with Crippen LogP contribution >= 0.6 is 15.9 Å². The lowest BCUT2D eigenvalue weighted by Crippen LogP contribution is -2.34. The van der Waals surface area contributed by atoms with Crippen LogP contribution in [0, 0.1) is 6.92 Å². The topological polar surface area (TPSA) is 77.4 Å². The molecule has 2 aromatic carbocycles. The zero-order valence-electron chi connectivity index (χ0n) is 17.9. The van der Waals surface area contributed by atoms with E-state index in [-0.39, 0.29) is 10.9 Å². The molecule has 1 atom stereocenters. The Bertz CT molecular complexity index is 1270. The summed E-state index contributed by atoms with van der Waals surface area (Å²) >= 11 is 3.45. The number of alkyl carbamates (subject to hydrolysis) is 1. The summed E-state index contributed by atoms with van der Waals surface area (Å²) in [5, 5.41) is 3.81. The van der Waals surface area contributed by atoms with Gasteiger partial charge in [-0.25, -0.2) is 17.2 Å². The predicted molar refractivity (Wildman–Crippen MR) is 124 cm³/mol. The van der Waals surface area contributed by atoms with Crippen molar-refractivity contribution in [2.45, 2.75) is 57.1 Å². The van der Waals surface area contributed by atoms with Crippen LogP contribution in [-0.2, 0) is 21.2 Å². The average molecular weight is 505 g/mol. The number of hydrogen-bond acceptors (Lipinski definition) is 4. The number of carbonyl (C=O) groups is 1.